The van der Waals surface area contributed by atoms with Gasteiger partial charge in [-0.25, -0.2) is 0 Å². The van der Waals surface area contributed by atoms with Crippen LogP contribution >= 0.6 is 0 Å². The second-order valence-electron chi connectivity index (χ2n) is 3.17. The SMILES string of the molecule is CCCCCCCC(O)S(=O)(=O)O. The number of unbranched alkanes of at least 4 members (excludes halogenated alkanes) is 4. The molecule has 1 unspecified atom stereocenters. The van der Waals surface area contributed by atoms with E-state index < -0.39 is 15.6 Å². The molecule has 0 spiro atoms. The first-order valence-corrected chi connectivity index (χ1v) is 6.13. The molecule has 13 heavy (non-hydrogen) atoms. The second kappa shape index (κ2) is 6.34. The van der Waals surface area contributed by atoms with Crippen molar-refractivity contribution in [3.05, 3.63) is 0 Å². The van der Waals surface area contributed by atoms with Gasteiger partial charge in [-0.2, -0.15) is 8.42 Å². The highest BCUT2D eigenvalue weighted by Crippen LogP contribution is 2.09. The predicted molar refractivity (Wildman–Crippen MR) is 50.9 cm³/mol. The lowest BCUT2D eigenvalue weighted by Crippen LogP contribution is -2.19. The van der Waals surface area contributed by atoms with Gasteiger partial charge in [0.1, 0.15) is 0 Å². The molecule has 0 amide bonds. The number of aliphatic hydroxyl groups excluding tert-OH is 1. The summed E-state index contributed by atoms with van der Waals surface area (Å²) in [5.74, 6) is 0. The van der Waals surface area contributed by atoms with Gasteiger partial charge in [0.25, 0.3) is 10.1 Å². The molecular formula is C8H18O4S. The summed E-state index contributed by atoms with van der Waals surface area (Å²) >= 11 is 0. The summed E-state index contributed by atoms with van der Waals surface area (Å²) in [5, 5.41) is 8.90. The highest BCUT2D eigenvalue weighted by atomic mass is 32.2. The van der Waals surface area contributed by atoms with E-state index in [4.69, 9.17) is 9.66 Å². The summed E-state index contributed by atoms with van der Waals surface area (Å²) < 4.78 is 29.1. The first kappa shape index (κ1) is 12.9. The third-order valence-electron chi connectivity index (χ3n) is 1.90. The van der Waals surface area contributed by atoms with E-state index in [0.717, 1.165) is 25.7 Å². The lowest BCUT2D eigenvalue weighted by atomic mass is 10.1. The topological polar surface area (TPSA) is 74.6 Å². The number of hydrogen-bond donors (Lipinski definition) is 2. The van der Waals surface area contributed by atoms with E-state index in [9.17, 15) is 8.42 Å². The summed E-state index contributed by atoms with van der Waals surface area (Å²) in [6.45, 7) is 2.09. The first-order chi connectivity index (χ1) is 5.98. The van der Waals surface area contributed by atoms with Gasteiger partial charge in [-0.15, -0.1) is 0 Å². The molecule has 0 aliphatic carbocycles. The van der Waals surface area contributed by atoms with Crippen LogP contribution in [0.1, 0.15) is 45.4 Å². The lowest BCUT2D eigenvalue weighted by molar-refractivity contribution is 0.219. The van der Waals surface area contributed by atoms with Crippen molar-refractivity contribution in [1.82, 2.24) is 0 Å². The van der Waals surface area contributed by atoms with E-state index in [0.29, 0.717) is 6.42 Å². The molecule has 0 aliphatic rings. The molecule has 0 bridgehead atoms. The molecule has 0 aromatic rings. The van der Waals surface area contributed by atoms with Crippen molar-refractivity contribution in [3.63, 3.8) is 0 Å². The van der Waals surface area contributed by atoms with E-state index in [-0.39, 0.29) is 6.42 Å². The predicted octanol–water partition coefficient (Wildman–Crippen LogP) is 1.55. The van der Waals surface area contributed by atoms with Crippen molar-refractivity contribution in [1.29, 1.82) is 0 Å². The molecule has 2 N–H and O–H groups in total. The molecule has 0 saturated carbocycles. The van der Waals surface area contributed by atoms with Crippen molar-refractivity contribution in [2.45, 2.75) is 50.9 Å². The Morgan fingerprint density at radius 1 is 1.15 bits per heavy atom. The minimum Gasteiger partial charge on any atom is -0.375 e. The zero-order chi connectivity index (χ0) is 10.3. The summed E-state index contributed by atoms with van der Waals surface area (Å²) in [7, 11) is -4.24. The molecule has 80 valence electrons. The van der Waals surface area contributed by atoms with Crippen molar-refractivity contribution >= 4 is 10.1 Å². The van der Waals surface area contributed by atoms with Gasteiger partial charge in [-0.1, -0.05) is 32.6 Å². The minimum atomic E-state index is -4.24. The summed E-state index contributed by atoms with van der Waals surface area (Å²) in [6.07, 6.45) is 4.97. The molecule has 1 atom stereocenters. The van der Waals surface area contributed by atoms with Crippen molar-refractivity contribution in [2.75, 3.05) is 0 Å². The van der Waals surface area contributed by atoms with Crippen LogP contribution in [0, 0.1) is 0 Å². The number of rotatable bonds is 7. The van der Waals surface area contributed by atoms with Crippen LogP contribution in [0.3, 0.4) is 0 Å². The van der Waals surface area contributed by atoms with Gasteiger partial charge in [-0.3, -0.25) is 4.55 Å². The molecular weight excluding hydrogens is 192 g/mol. The van der Waals surface area contributed by atoms with Crippen molar-refractivity contribution < 1.29 is 18.1 Å². The van der Waals surface area contributed by atoms with E-state index in [1.165, 1.54) is 0 Å². The Balaban J connectivity index is 3.44. The molecule has 0 heterocycles. The number of aliphatic hydroxyl groups is 1. The third kappa shape index (κ3) is 6.98. The van der Waals surface area contributed by atoms with Crippen LogP contribution in [0.15, 0.2) is 0 Å². The van der Waals surface area contributed by atoms with Crippen LogP contribution in [0.4, 0.5) is 0 Å². The number of hydrogen-bond acceptors (Lipinski definition) is 3. The van der Waals surface area contributed by atoms with Gasteiger partial charge in [0.2, 0.25) is 0 Å². The normalized spacial score (nSPS) is 14.4. The van der Waals surface area contributed by atoms with E-state index >= 15 is 0 Å². The fraction of sp³-hybridized carbons (Fsp3) is 1.00. The Morgan fingerprint density at radius 3 is 2.15 bits per heavy atom. The maximum Gasteiger partial charge on any atom is 0.291 e. The highest BCUT2D eigenvalue weighted by Gasteiger charge is 2.17. The molecule has 0 radical (unpaired) electrons. The Hall–Kier alpha value is -0.130. The van der Waals surface area contributed by atoms with Gasteiger partial charge in [0.15, 0.2) is 5.44 Å². The van der Waals surface area contributed by atoms with Gasteiger partial charge in [-0.05, 0) is 12.8 Å². The lowest BCUT2D eigenvalue weighted by Gasteiger charge is -2.05. The Kier molecular flexibility index (Phi) is 6.28. The third-order valence-corrected chi connectivity index (χ3v) is 2.82. The summed E-state index contributed by atoms with van der Waals surface area (Å²) in [6, 6.07) is 0. The molecule has 0 rings (SSSR count). The van der Waals surface area contributed by atoms with Gasteiger partial charge >= 0.3 is 0 Å². The standard InChI is InChI=1S/C8H18O4S/c1-2-3-4-5-6-7-8(9)13(10,11)12/h8-9H,2-7H2,1H3,(H,10,11,12). The second-order valence-corrected chi connectivity index (χ2v) is 4.75. The smallest absolute Gasteiger partial charge is 0.291 e. The molecule has 4 nitrogen and oxygen atoms in total. The molecule has 0 fully saturated rings. The van der Waals surface area contributed by atoms with E-state index in [2.05, 4.69) is 6.92 Å². The van der Waals surface area contributed by atoms with E-state index in [1.807, 2.05) is 0 Å². The van der Waals surface area contributed by atoms with Crippen LogP contribution in [0.2, 0.25) is 0 Å². The quantitative estimate of drug-likeness (QED) is 0.494. The van der Waals surface area contributed by atoms with Crippen LogP contribution < -0.4 is 0 Å². The highest BCUT2D eigenvalue weighted by molar-refractivity contribution is 7.86. The maximum absolute atomic E-state index is 10.4. The first-order valence-electron chi connectivity index (χ1n) is 4.63. The molecule has 5 heteroatoms. The largest absolute Gasteiger partial charge is 0.375 e. The van der Waals surface area contributed by atoms with Crippen LogP contribution in [0.25, 0.3) is 0 Å². The van der Waals surface area contributed by atoms with E-state index in [1.54, 1.807) is 0 Å². The zero-order valence-corrected chi connectivity index (χ0v) is 8.76. The van der Waals surface area contributed by atoms with Crippen LogP contribution in [0.5, 0.6) is 0 Å². The molecule has 0 aromatic heterocycles. The summed E-state index contributed by atoms with van der Waals surface area (Å²) in [5.41, 5.74) is -1.60. The average molecular weight is 210 g/mol. The molecule has 0 saturated heterocycles. The Morgan fingerprint density at radius 2 is 1.69 bits per heavy atom. The summed E-state index contributed by atoms with van der Waals surface area (Å²) in [4.78, 5) is 0. The Bertz CT molecular complexity index is 210. The molecule has 0 aromatic carbocycles. The van der Waals surface area contributed by atoms with Crippen molar-refractivity contribution in [3.8, 4) is 0 Å². The van der Waals surface area contributed by atoms with Gasteiger partial charge in [0, 0.05) is 0 Å². The fourth-order valence-electron chi connectivity index (χ4n) is 1.07. The fourth-order valence-corrected chi connectivity index (χ4v) is 1.54. The average Bonchev–Trinajstić information content (AvgIpc) is 2.02. The molecule has 0 aliphatic heterocycles. The van der Waals surface area contributed by atoms with Crippen LogP contribution in [-0.2, 0) is 10.1 Å². The van der Waals surface area contributed by atoms with Gasteiger partial charge in [0.05, 0.1) is 0 Å². The van der Waals surface area contributed by atoms with Crippen molar-refractivity contribution in [2.24, 2.45) is 0 Å². The minimum absolute atomic E-state index is 0.128. The van der Waals surface area contributed by atoms with Gasteiger partial charge < -0.3 is 5.11 Å². The maximum atomic E-state index is 10.4. The Labute approximate surface area is 79.7 Å². The zero-order valence-electron chi connectivity index (χ0n) is 7.94. The van der Waals surface area contributed by atoms with Crippen LogP contribution in [-0.4, -0.2) is 23.5 Å². The monoisotopic (exact) mass is 210 g/mol.